The number of rotatable bonds is 5. The number of carboxylic acid groups (broad SMARTS) is 1. The van der Waals surface area contributed by atoms with Crippen LogP contribution in [0.25, 0.3) is 11.1 Å². The molecule has 1 atom stereocenters. The first-order valence-electron chi connectivity index (χ1n) is 11.2. The van der Waals surface area contributed by atoms with E-state index in [9.17, 15) is 19.5 Å². The number of carboxylic acids is 1. The minimum Gasteiger partial charge on any atom is -0.478 e. The van der Waals surface area contributed by atoms with E-state index in [1.165, 1.54) is 17.0 Å². The van der Waals surface area contributed by atoms with Crippen molar-refractivity contribution in [2.24, 2.45) is 0 Å². The molecule has 7 heteroatoms. The number of aromatic carboxylic acids is 1. The topological polar surface area (TPSA) is 95.9 Å². The Morgan fingerprint density at radius 1 is 1.03 bits per heavy atom. The second-order valence-corrected chi connectivity index (χ2v) is 8.58. The van der Waals surface area contributed by atoms with Gasteiger partial charge in [0, 0.05) is 18.2 Å². The van der Waals surface area contributed by atoms with Crippen LogP contribution < -0.4 is 10.2 Å². The predicted octanol–water partition coefficient (Wildman–Crippen LogP) is 4.20. The lowest BCUT2D eigenvalue weighted by Gasteiger charge is -2.23. The van der Waals surface area contributed by atoms with E-state index in [1.807, 2.05) is 36.4 Å². The molecule has 0 fully saturated rings. The SMILES string of the molecule is C[C@H](NC(=O)OCC1c2ccccc2-c2ccccc21)C(=O)N1CCc2ccc(C(=O)O)cc21. The Bertz CT molecular complexity index is 1260. The molecule has 34 heavy (non-hydrogen) atoms. The molecule has 1 heterocycles. The molecule has 2 aliphatic rings. The van der Waals surface area contributed by atoms with E-state index in [1.54, 1.807) is 13.0 Å². The zero-order valence-corrected chi connectivity index (χ0v) is 18.7. The van der Waals surface area contributed by atoms with Gasteiger partial charge in [-0.25, -0.2) is 9.59 Å². The molecule has 0 unspecified atom stereocenters. The average Bonchev–Trinajstić information content (AvgIpc) is 3.41. The Morgan fingerprint density at radius 2 is 1.68 bits per heavy atom. The summed E-state index contributed by atoms with van der Waals surface area (Å²) in [5.74, 6) is -1.43. The van der Waals surface area contributed by atoms with E-state index >= 15 is 0 Å². The fraction of sp³-hybridized carbons (Fsp3) is 0.222. The summed E-state index contributed by atoms with van der Waals surface area (Å²) in [5, 5.41) is 11.9. The van der Waals surface area contributed by atoms with Crippen molar-refractivity contribution in [1.82, 2.24) is 5.32 Å². The Morgan fingerprint density at radius 3 is 2.32 bits per heavy atom. The minimum absolute atomic E-state index is 0.0657. The molecule has 2 amide bonds. The summed E-state index contributed by atoms with van der Waals surface area (Å²) in [6, 6.07) is 20.1. The number of ether oxygens (including phenoxy) is 1. The fourth-order valence-electron chi connectivity index (χ4n) is 4.85. The van der Waals surface area contributed by atoms with Crippen LogP contribution in [0, 0.1) is 0 Å². The minimum atomic E-state index is -1.05. The van der Waals surface area contributed by atoms with Gasteiger partial charge in [0.25, 0.3) is 0 Å². The summed E-state index contributed by atoms with van der Waals surface area (Å²) in [6.45, 7) is 2.20. The normalized spacial score (nSPS) is 14.7. The van der Waals surface area contributed by atoms with Crippen LogP contribution in [0.2, 0.25) is 0 Å². The Hall–Kier alpha value is -4.13. The van der Waals surface area contributed by atoms with Crippen LogP contribution in [0.4, 0.5) is 10.5 Å². The van der Waals surface area contributed by atoms with E-state index in [0.29, 0.717) is 18.7 Å². The number of alkyl carbamates (subject to hydrolysis) is 1. The second kappa shape index (κ2) is 8.67. The third kappa shape index (κ3) is 3.79. The highest BCUT2D eigenvalue weighted by Gasteiger charge is 2.31. The van der Waals surface area contributed by atoms with Crippen molar-refractivity contribution in [3.05, 3.63) is 89.0 Å². The highest BCUT2D eigenvalue weighted by atomic mass is 16.5. The summed E-state index contributed by atoms with van der Waals surface area (Å²) < 4.78 is 5.54. The number of amides is 2. The van der Waals surface area contributed by atoms with Gasteiger partial charge in [0.2, 0.25) is 5.91 Å². The van der Waals surface area contributed by atoms with Crippen LogP contribution in [0.5, 0.6) is 0 Å². The lowest BCUT2D eigenvalue weighted by Crippen LogP contribution is -2.47. The van der Waals surface area contributed by atoms with E-state index in [-0.39, 0.29) is 24.0 Å². The van der Waals surface area contributed by atoms with Gasteiger partial charge in [-0.1, -0.05) is 54.6 Å². The number of carbonyl (C=O) groups is 3. The van der Waals surface area contributed by atoms with Gasteiger partial charge in [-0.2, -0.15) is 0 Å². The maximum atomic E-state index is 13.0. The van der Waals surface area contributed by atoms with Gasteiger partial charge in [0.1, 0.15) is 12.6 Å². The van der Waals surface area contributed by atoms with Crippen LogP contribution in [0.15, 0.2) is 66.7 Å². The van der Waals surface area contributed by atoms with Crippen LogP contribution in [0.1, 0.15) is 39.9 Å². The second-order valence-electron chi connectivity index (χ2n) is 8.58. The molecule has 5 rings (SSSR count). The summed E-state index contributed by atoms with van der Waals surface area (Å²) in [4.78, 5) is 38.4. The molecule has 0 radical (unpaired) electrons. The Balaban J connectivity index is 1.24. The highest BCUT2D eigenvalue weighted by Crippen LogP contribution is 2.44. The lowest BCUT2D eigenvalue weighted by atomic mass is 9.98. The first-order valence-corrected chi connectivity index (χ1v) is 11.2. The number of fused-ring (bicyclic) bond motifs is 4. The predicted molar refractivity (Wildman–Crippen MR) is 127 cm³/mol. The molecular formula is C27H24N2O5. The summed E-state index contributed by atoms with van der Waals surface area (Å²) in [5.41, 5.74) is 6.12. The van der Waals surface area contributed by atoms with E-state index in [0.717, 1.165) is 27.8 Å². The fourth-order valence-corrected chi connectivity index (χ4v) is 4.85. The van der Waals surface area contributed by atoms with Crippen molar-refractivity contribution in [1.29, 1.82) is 0 Å². The Labute approximate surface area is 197 Å². The maximum absolute atomic E-state index is 13.0. The van der Waals surface area contributed by atoms with Gasteiger partial charge in [0.05, 0.1) is 5.56 Å². The molecular weight excluding hydrogens is 432 g/mol. The van der Waals surface area contributed by atoms with Gasteiger partial charge in [-0.05, 0) is 53.3 Å². The van der Waals surface area contributed by atoms with Crippen LogP contribution >= 0.6 is 0 Å². The molecule has 0 spiro atoms. The van der Waals surface area contributed by atoms with E-state index in [2.05, 4.69) is 17.4 Å². The van der Waals surface area contributed by atoms with Crippen molar-refractivity contribution in [3.8, 4) is 11.1 Å². The number of nitrogens with zero attached hydrogens (tertiary/aromatic N) is 1. The first-order chi connectivity index (χ1) is 16.4. The van der Waals surface area contributed by atoms with Crippen LogP contribution in [-0.4, -0.2) is 42.3 Å². The average molecular weight is 456 g/mol. The number of hydrogen-bond acceptors (Lipinski definition) is 4. The summed E-state index contributed by atoms with van der Waals surface area (Å²) in [6.07, 6.45) is -0.0278. The van der Waals surface area contributed by atoms with Crippen LogP contribution in [0.3, 0.4) is 0 Å². The van der Waals surface area contributed by atoms with E-state index < -0.39 is 18.1 Å². The van der Waals surface area contributed by atoms with Crippen molar-refractivity contribution in [2.75, 3.05) is 18.1 Å². The number of anilines is 1. The van der Waals surface area contributed by atoms with Gasteiger partial charge < -0.3 is 20.1 Å². The van der Waals surface area contributed by atoms with Crippen molar-refractivity contribution in [2.45, 2.75) is 25.3 Å². The van der Waals surface area contributed by atoms with Crippen LogP contribution in [-0.2, 0) is 16.0 Å². The molecule has 172 valence electrons. The summed E-state index contributed by atoms with van der Waals surface area (Å²) >= 11 is 0. The third-order valence-electron chi connectivity index (χ3n) is 6.54. The number of nitrogens with one attached hydrogen (secondary N) is 1. The number of carbonyl (C=O) groups excluding carboxylic acids is 2. The molecule has 0 aromatic heterocycles. The molecule has 0 saturated carbocycles. The lowest BCUT2D eigenvalue weighted by molar-refractivity contribution is -0.120. The number of hydrogen-bond donors (Lipinski definition) is 2. The summed E-state index contributed by atoms with van der Waals surface area (Å²) in [7, 11) is 0. The first kappa shape index (κ1) is 21.7. The Kier molecular flexibility index (Phi) is 5.53. The van der Waals surface area contributed by atoms with Gasteiger partial charge >= 0.3 is 12.1 Å². The number of benzene rings is 3. The molecule has 2 N–H and O–H groups in total. The zero-order chi connectivity index (χ0) is 23.8. The van der Waals surface area contributed by atoms with Gasteiger partial charge in [-0.3, -0.25) is 4.79 Å². The van der Waals surface area contributed by atoms with Gasteiger partial charge in [-0.15, -0.1) is 0 Å². The maximum Gasteiger partial charge on any atom is 0.407 e. The van der Waals surface area contributed by atoms with Crippen molar-refractivity contribution < 1.29 is 24.2 Å². The molecule has 1 aliphatic heterocycles. The third-order valence-corrected chi connectivity index (χ3v) is 6.54. The van der Waals surface area contributed by atoms with Crippen molar-refractivity contribution >= 4 is 23.7 Å². The molecule has 0 bridgehead atoms. The molecule has 7 nitrogen and oxygen atoms in total. The molecule has 3 aromatic carbocycles. The largest absolute Gasteiger partial charge is 0.478 e. The zero-order valence-electron chi connectivity index (χ0n) is 18.7. The van der Waals surface area contributed by atoms with Crippen molar-refractivity contribution in [3.63, 3.8) is 0 Å². The molecule has 1 aliphatic carbocycles. The monoisotopic (exact) mass is 456 g/mol. The molecule has 3 aromatic rings. The smallest absolute Gasteiger partial charge is 0.407 e. The van der Waals surface area contributed by atoms with E-state index in [4.69, 9.17) is 4.74 Å². The quantitative estimate of drug-likeness (QED) is 0.600. The standard InChI is InChI=1S/C27H24N2O5/c1-16(25(30)29-13-12-17-10-11-18(26(31)32)14-24(17)29)28-27(33)34-15-23-21-8-4-2-6-19(21)20-7-3-5-9-22(20)23/h2-11,14,16,23H,12-13,15H2,1H3,(H,28,33)(H,31,32)/t16-/m0/s1. The highest BCUT2D eigenvalue weighted by molar-refractivity contribution is 6.01. The molecule has 0 saturated heterocycles. The van der Waals surface area contributed by atoms with Gasteiger partial charge in [0.15, 0.2) is 0 Å².